The fraction of sp³-hybridized carbons (Fsp3) is 0.235. The summed E-state index contributed by atoms with van der Waals surface area (Å²) < 4.78 is 0.755. The zero-order valence-electron chi connectivity index (χ0n) is 11.4. The molecule has 0 radical (unpaired) electrons. The first kappa shape index (κ1) is 14.6. The van der Waals surface area contributed by atoms with Gasteiger partial charge in [0, 0.05) is 22.6 Å². The third kappa shape index (κ3) is 3.47. The molecule has 21 heavy (non-hydrogen) atoms. The number of hydrogen-bond donors (Lipinski definition) is 0. The van der Waals surface area contributed by atoms with Gasteiger partial charge in [-0.25, -0.2) is 0 Å². The number of benzene rings is 2. The Morgan fingerprint density at radius 3 is 2.52 bits per heavy atom. The second-order valence-electron chi connectivity index (χ2n) is 5.28. The smallest absolute Gasteiger partial charge is 0.254 e. The molecule has 0 aromatic heterocycles. The summed E-state index contributed by atoms with van der Waals surface area (Å²) in [5.41, 5.74) is 1.83. The highest BCUT2D eigenvalue weighted by Gasteiger charge is 2.33. The molecule has 1 aliphatic rings. The van der Waals surface area contributed by atoms with E-state index in [9.17, 15) is 4.79 Å². The molecule has 0 atom stereocenters. The summed E-state index contributed by atoms with van der Waals surface area (Å²) in [6.07, 6.45) is 2.18. The normalized spacial score (nSPS) is 14.0. The molecule has 0 spiro atoms. The van der Waals surface area contributed by atoms with Crippen LogP contribution < -0.4 is 0 Å². The number of carbonyl (C=O) groups is 1. The van der Waals surface area contributed by atoms with Crippen LogP contribution in [0.1, 0.15) is 28.8 Å². The van der Waals surface area contributed by atoms with E-state index >= 15 is 0 Å². The molecule has 1 fully saturated rings. The molecule has 1 aliphatic carbocycles. The summed E-state index contributed by atoms with van der Waals surface area (Å²) >= 11 is 9.38. The van der Waals surface area contributed by atoms with Crippen molar-refractivity contribution >= 4 is 33.4 Å². The van der Waals surface area contributed by atoms with Gasteiger partial charge in [0.2, 0.25) is 0 Å². The maximum Gasteiger partial charge on any atom is 0.254 e. The van der Waals surface area contributed by atoms with Crippen molar-refractivity contribution in [3.63, 3.8) is 0 Å². The lowest BCUT2D eigenvalue weighted by Crippen LogP contribution is -2.32. The topological polar surface area (TPSA) is 20.3 Å². The lowest BCUT2D eigenvalue weighted by atomic mass is 10.1. The molecule has 2 nitrogen and oxygen atoms in total. The molecule has 1 saturated carbocycles. The first-order valence-corrected chi connectivity index (χ1v) is 8.12. The summed E-state index contributed by atoms with van der Waals surface area (Å²) in [6.45, 7) is 0.657. The van der Waals surface area contributed by atoms with Crippen molar-refractivity contribution in [3.05, 3.63) is 69.2 Å². The van der Waals surface area contributed by atoms with Crippen molar-refractivity contribution in [2.75, 3.05) is 0 Å². The van der Waals surface area contributed by atoms with Crippen LogP contribution >= 0.6 is 27.5 Å². The predicted octanol–water partition coefficient (Wildman–Crippen LogP) is 4.91. The largest absolute Gasteiger partial charge is 0.331 e. The Kier molecular flexibility index (Phi) is 4.32. The first-order chi connectivity index (χ1) is 10.1. The Balaban J connectivity index is 1.83. The van der Waals surface area contributed by atoms with Gasteiger partial charge in [-0.3, -0.25) is 4.79 Å². The average Bonchev–Trinajstić information content (AvgIpc) is 3.33. The number of hydrogen-bond acceptors (Lipinski definition) is 1. The van der Waals surface area contributed by atoms with Crippen LogP contribution in [-0.2, 0) is 6.54 Å². The van der Waals surface area contributed by atoms with Crippen molar-refractivity contribution < 1.29 is 4.79 Å². The van der Waals surface area contributed by atoms with Crippen molar-refractivity contribution in [1.82, 2.24) is 4.90 Å². The molecule has 3 rings (SSSR count). The Morgan fingerprint density at radius 2 is 1.90 bits per heavy atom. The molecule has 0 N–H and O–H groups in total. The number of amides is 1. The van der Waals surface area contributed by atoms with E-state index in [4.69, 9.17) is 11.6 Å². The Bertz CT molecular complexity index is 655. The third-order valence-electron chi connectivity index (χ3n) is 3.61. The van der Waals surface area contributed by atoms with Crippen LogP contribution in [-0.4, -0.2) is 16.8 Å². The van der Waals surface area contributed by atoms with Gasteiger partial charge in [0.1, 0.15) is 0 Å². The minimum Gasteiger partial charge on any atom is -0.331 e. The standard InChI is InChI=1S/C17H15BrClNO/c18-15-10-13(6-9-16(15)19)17(21)20(14-7-8-14)11-12-4-2-1-3-5-12/h1-6,9-10,14H,7-8,11H2. The fourth-order valence-corrected chi connectivity index (χ4v) is 2.82. The quantitative estimate of drug-likeness (QED) is 0.755. The van der Waals surface area contributed by atoms with E-state index in [0.29, 0.717) is 23.2 Å². The summed E-state index contributed by atoms with van der Waals surface area (Å²) in [5.74, 6) is 0.0683. The van der Waals surface area contributed by atoms with Gasteiger partial charge in [-0.15, -0.1) is 0 Å². The van der Waals surface area contributed by atoms with E-state index in [1.165, 1.54) is 0 Å². The van der Waals surface area contributed by atoms with Crippen molar-refractivity contribution in [2.24, 2.45) is 0 Å². The van der Waals surface area contributed by atoms with Crippen molar-refractivity contribution in [1.29, 1.82) is 0 Å². The SMILES string of the molecule is O=C(c1ccc(Cl)c(Br)c1)N(Cc1ccccc1)C1CC1. The number of carbonyl (C=O) groups excluding carboxylic acids is 1. The van der Waals surface area contributed by atoms with E-state index in [2.05, 4.69) is 28.1 Å². The van der Waals surface area contributed by atoms with Gasteiger partial charge in [0.15, 0.2) is 0 Å². The van der Waals surface area contributed by atoms with E-state index in [1.807, 2.05) is 23.1 Å². The van der Waals surface area contributed by atoms with Crippen LogP contribution in [0, 0.1) is 0 Å². The number of rotatable bonds is 4. The van der Waals surface area contributed by atoms with Crippen molar-refractivity contribution in [3.8, 4) is 0 Å². The summed E-state index contributed by atoms with van der Waals surface area (Å²) in [5, 5.41) is 0.618. The molecule has 0 aliphatic heterocycles. The van der Waals surface area contributed by atoms with Crippen LogP contribution in [0.2, 0.25) is 5.02 Å². The van der Waals surface area contributed by atoms with Gasteiger partial charge in [-0.05, 0) is 52.5 Å². The van der Waals surface area contributed by atoms with Crippen LogP contribution in [0.15, 0.2) is 53.0 Å². The second-order valence-corrected chi connectivity index (χ2v) is 6.54. The number of halogens is 2. The van der Waals surface area contributed by atoms with E-state index in [1.54, 1.807) is 18.2 Å². The molecule has 0 unspecified atom stereocenters. The van der Waals surface area contributed by atoms with Crippen LogP contribution in [0.5, 0.6) is 0 Å². The van der Waals surface area contributed by atoms with Crippen LogP contribution in [0.3, 0.4) is 0 Å². The van der Waals surface area contributed by atoms with Gasteiger partial charge < -0.3 is 4.90 Å². The molecular formula is C17H15BrClNO. The summed E-state index contributed by atoms with van der Waals surface area (Å²) in [7, 11) is 0. The first-order valence-electron chi connectivity index (χ1n) is 6.95. The van der Waals surface area contributed by atoms with Gasteiger partial charge in [0.05, 0.1) is 5.02 Å². The average molecular weight is 365 g/mol. The Morgan fingerprint density at radius 1 is 1.19 bits per heavy atom. The highest BCUT2D eigenvalue weighted by molar-refractivity contribution is 9.10. The molecule has 2 aromatic carbocycles. The Hall–Kier alpha value is -1.32. The molecule has 1 amide bonds. The molecule has 0 saturated heterocycles. The minimum absolute atomic E-state index is 0.0683. The molecule has 108 valence electrons. The fourth-order valence-electron chi connectivity index (χ4n) is 2.33. The lowest BCUT2D eigenvalue weighted by molar-refractivity contribution is 0.0730. The minimum atomic E-state index is 0.0683. The zero-order valence-corrected chi connectivity index (χ0v) is 13.8. The van der Waals surface area contributed by atoms with Gasteiger partial charge in [0.25, 0.3) is 5.91 Å². The monoisotopic (exact) mass is 363 g/mol. The maximum atomic E-state index is 12.8. The van der Waals surface area contributed by atoms with Gasteiger partial charge >= 0.3 is 0 Å². The van der Waals surface area contributed by atoms with Gasteiger partial charge in [-0.2, -0.15) is 0 Å². The summed E-state index contributed by atoms with van der Waals surface area (Å²) in [6, 6.07) is 15.8. The summed E-state index contributed by atoms with van der Waals surface area (Å²) in [4.78, 5) is 14.7. The zero-order chi connectivity index (χ0) is 14.8. The molecule has 0 heterocycles. The van der Waals surface area contributed by atoms with E-state index in [-0.39, 0.29) is 5.91 Å². The number of nitrogens with zero attached hydrogens (tertiary/aromatic N) is 1. The third-order valence-corrected chi connectivity index (χ3v) is 4.82. The molecule has 2 aromatic rings. The van der Waals surface area contributed by atoms with Crippen molar-refractivity contribution in [2.45, 2.75) is 25.4 Å². The van der Waals surface area contributed by atoms with Crippen LogP contribution in [0.4, 0.5) is 0 Å². The molecule has 0 bridgehead atoms. The van der Waals surface area contributed by atoms with Gasteiger partial charge in [-0.1, -0.05) is 41.9 Å². The van der Waals surface area contributed by atoms with E-state index in [0.717, 1.165) is 22.9 Å². The van der Waals surface area contributed by atoms with E-state index < -0.39 is 0 Å². The van der Waals surface area contributed by atoms with Crippen LogP contribution in [0.25, 0.3) is 0 Å². The highest BCUT2D eigenvalue weighted by atomic mass is 79.9. The maximum absolute atomic E-state index is 12.8. The predicted molar refractivity (Wildman–Crippen MR) is 88.5 cm³/mol. The molecular weight excluding hydrogens is 350 g/mol. The highest BCUT2D eigenvalue weighted by Crippen LogP contribution is 2.31. The second kappa shape index (κ2) is 6.20. The lowest BCUT2D eigenvalue weighted by Gasteiger charge is -2.23. The Labute approximate surface area is 137 Å². The molecule has 4 heteroatoms.